The second-order valence-electron chi connectivity index (χ2n) is 10.7. The Morgan fingerprint density at radius 3 is 2.36 bits per heavy atom. The van der Waals surface area contributed by atoms with Gasteiger partial charge in [-0.1, -0.05) is 30.3 Å². The summed E-state index contributed by atoms with van der Waals surface area (Å²) >= 11 is 0. The van der Waals surface area contributed by atoms with Crippen LogP contribution in [0.15, 0.2) is 71.6 Å². The Hall–Kier alpha value is -2.97. The summed E-state index contributed by atoms with van der Waals surface area (Å²) in [5, 5.41) is 10.1. The minimum Gasteiger partial charge on any atom is -0.508 e. The number of fused-ring (bicyclic) bond motifs is 1. The molecule has 3 nitrogen and oxygen atoms in total. The molecule has 2 aliphatic rings. The summed E-state index contributed by atoms with van der Waals surface area (Å²) in [5.74, 6) is 0.954. The van der Waals surface area contributed by atoms with Crippen molar-refractivity contribution in [3.05, 3.63) is 89.0 Å². The van der Waals surface area contributed by atoms with E-state index in [4.69, 9.17) is 4.74 Å². The molecule has 3 aromatic rings. The van der Waals surface area contributed by atoms with Gasteiger partial charge in [-0.15, -0.1) is 0 Å². The molecule has 0 unspecified atom stereocenters. The van der Waals surface area contributed by atoms with Gasteiger partial charge in [0.2, 0.25) is 0 Å². The average Bonchev–Trinajstić information content (AvgIpc) is 3.25. The topological polar surface area (TPSA) is 32.7 Å². The maximum Gasteiger partial charge on any atom is 0.119 e. The van der Waals surface area contributed by atoms with Crippen molar-refractivity contribution in [2.45, 2.75) is 43.1 Å². The highest BCUT2D eigenvalue weighted by Gasteiger charge is 2.34. The number of allylic oxidation sites excluding steroid dienone is 1. The van der Waals surface area contributed by atoms with Crippen LogP contribution in [-0.4, -0.2) is 48.7 Å². The highest BCUT2D eigenvalue weighted by molar-refractivity contribution is 8.37. The Morgan fingerprint density at radius 1 is 0.949 bits per heavy atom. The van der Waals surface area contributed by atoms with Crippen LogP contribution in [0.3, 0.4) is 0 Å². The number of hydrogen-bond donors (Lipinski definition) is 2. The average molecular weight is 562 g/mol. The van der Waals surface area contributed by atoms with Crippen LogP contribution in [-0.2, 0) is 6.42 Å². The summed E-state index contributed by atoms with van der Waals surface area (Å²) in [6, 6.07) is 18.8. The van der Waals surface area contributed by atoms with Crippen LogP contribution in [0.2, 0.25) is 0 Å². The van der Waals surface area contributed by atoms with Crippen molar-refractivity contribution >= 4 is 21.5 Å². The molecular formula is C31H35F4NO2S. The van der Waals surface area contributed by atoms with Crippen LogP contribution in [0.25, 0.3) is 11.1 Å². The van der Waals surface area contributed by atoms with Crippen molar-refractivity contribution in [2.75, 3.05) is 32.6 Å². The number of rotatable bonds is 8. The second-order valence-corrected chi connectivity index (χ2v) is 13.5. The van der Waals surface area contributed by atoms with Crippen LogP contribution in [0.5, 0.6) is 11.5 Å². The molecule has 8 heteroatoms. The molecule has 39 heavy (non-hydrogen) atoms. The van der Waals surface area contributed by atoms with E-state index in [0.717, 1.165) is 78.0 Å². The third-order valence-electron chi connectivity index (χ3n) is 7.58. The van der Waals surface area contributed by atoms with Crippen LogP contribution in [0.4, 0.5) is 16.0 Å². The van der Waals surface area contributed by atoms with Gasteiger partial charge in [0.1, 0.15) is 17.6 Å². The summed E-state index contributed by atoms with van der Waals surface area (Å²) in [7, 11) is -6.34. The highest BCUT2D eigenvalue weighted by atomic mass is 32.4. The Labute approximate surface area is 228 Å². The Morgan fingerprint density at radius 2 is 1.67 bits per heavy atom. The molecule has 1 heterocycles. The van der Waals surface area contributed by atoms with Gasteiger partial charge in [0.05, 0.1) is 17.0 Å². The summed E-state index contributed by atoms with van der Waals surface area (Å²) in [4.78, 5) is 1.67. The molecule has 210 valence electrons. The molecule has 0 spiro atoms. The normalized spacial score (nSPS) is 19.3. The van der Waals surface area contributed by atoms with E-state index in [1.807, 2.05) is 30.3 Å². The Bertz CT molecular complexity index is 1340. The zero-order valence-electron chi connectivity index (χ0n) is 22.1. The van der Waals surface area contributed by atoms with Gasteiger partial charge in [0, 0.05) is 30.8 Å². The number of halogens is 4. The zero-order chi connectivity index (χ0) is 27.6. The smallest absolute Gasteiger partial charge is 0.119 e. The second kappa shape index (κ2) is 10.9. The third kappa shape index (κ3) is 6.44. The number of hydrogen-bond acceptors (Lipinski definition) is 3. The van der Waals surface area contributed by atoms with Crippen molar-refractivity contribution in [1.82, 2.24) is 4.90 Å². The zero-order valence-corrected chi connectivity index (χ0v) is 22.9. The molecule has 1 saturated heterocycles. The Kier molecular flexibility index (Phi) is 7.71. The molecule has 0 aromatic heterocycles. The lowest BCUT2D eigenvalue weighted by molar-refractivity contribution is 0.198. The lowest BCUT2D eigenvalue weighted by atomic mass is 9.88. The van der Waals surface area contributed by atoms with E-state index in [0.29, 0.717) is 19.1 Å². The number of phenols is 1. The molecule has 0 radical (unpaired) electrons. The molecule has 5 rings (SSSR count). The Balaban J connectivity index is 1.48. The fraction of sp³-hybridized carbons (Fsp3) is 0.355. The van der Waals surface area contributed by atoms with Crippen molar-refractivity contribution in [3.8, 4) is 11.5 Å². The lowest BCUT2D eigenvalue weighted by Gasteiger charge is -2.33. The summed E-state index contributed by atoms with van der Waals surface area (Å²) < 4.78 is 60.8. The number of aromatic hydroxyl groups is 1. The number of ether oxygens (including phenoxy) is 1. The molecule has 3 aromatic carbocycles. The van der Waals surface area contributed by atoms with E-state index >= 15 is 0 Å². The first kappa shape index (κ1) is 27.6. The van der Waals surface area contributed by atoms with Gasteiger partial charge in [-0.25, -0.2) is 0 Å². The lowest BCUT2D eigenvalue weighted by Crippen LogP contribution is -2.26. The predicted octanol–water partition coefficient (Wildman–Crippen LogP) is 8.22. The predicted molar refractivity (Wildman–Crippen MR) is 152 cm³/mol. The molecule has 1 N–H and O–H groups in total. The molecule has 0 amide bonds. The van der Waals surface area contributed by atoms with Crippen molar-refractivity contribution in [2.24, 2.45) is 0 Å². The SMILES string of the molecule is C[SH](F)(F)(F)c1ccc(C2=C(c3ccc(O[C@H]4CCN(CCCF)C4)cc3)c3ccc(O)cc3CCC2)cc1. The first-order valence-corrected chi connectivity index (χ1v) is 15.8. The molecule has 0 saturated carbocycles. The van der Waals surface area contributed by atoms with Gasteiger partial charge >= 0.3 is 0 Å². The van der Waals surface area contributed by atoms with E-state index in [2.05, 4.69) is 4.90 Å². The van der Waals surface area contributed by atoms with Crippen molar-refractivity contribution in [3.63, 3.8) is 0 Å². The molecular weight excluding hydrogens is 526 g/mol. The molecule has 1 atom stereocenters. The molecule has 0 bridgehead atoms. The fourth-order valence-electron chi connectivity index (χ4n) is 5.65. The number of aryl methyl sites for hydroxylation is 1. The maximum atomic E-state index is 14.0. The summed E-state index contributed by atoms with van der Waals surface area (Å²) in [6.07, 6.45) is 4.19. The highest BCUT2D eigenvalue weighted by Crippen LogP contribution is 2.77. The first-order valence-electron chi connectivity index (χ1n) is 13.5. The van der Waals surface area contributed by atoms with Crippen LogP contribution < -0.4 is 4.74 Å². The van der Waals surface area contributed by atoms with Crippen LogP contribution in [0.1, 0.15) is 47.9 Å². The number of alkyl halides is 1. The number of thiol groups is 1. The standard InChI is InChI=1S/C31H35F4NO2S/c1-39(33,34,35)28-13-8-22(9-14-28)29-5-2-4-24-20-25(37)10-15-30(24)31(29)23-6-11-26(12-7-23)38-27-16-19-36(21-27)18-3-17-32/h6-15,20,27,37,39H,2-5,16-19,21H2,1H3/t27-/m0/s1. The number of nitrogens with zero attached hydrogens (tertiary/aromatic N) is 1. The van der Waals surface area contributed by atoms with Crippen molar-refractivity contribution < 1.29 is 25.9 Å². The quantitative estimate of drug-likeness (QED) is 0.215. The van der Waals surface area contributed by atoms with Gasteiger partial charge < -0.3 is 9.84 Å². The largest absolute Gasteiger partial charge is 0.508 e. The number of benzene rings is 3. The van der Waals surface area contributed by atoms with Gasteiger partial charge in [-0.3, -0.25) is 9.29 Å². The maximum absolute atomic E-state index is 14.0. The summed E-state index contributed by atoms with van der Waals surface area (Å²) in [5.41, 5.74) is 5.68. The number of likely N-dealkylation sites (tertiary alicyclic amines) is 1. The van der Waals surface area contributed by atoms with E-state index < -0.39 is 15.2 Å². The monoisotopic (exact) mass is 561 g/mol. The van der Waals surface area contributed by atoms with Crippen LogP contribution >= 0.6 is 10.3 Å². The summed E-state index contributed by atoms with van der Waals surface area (Å²) in [6.45, 7) is 2.11. The number of phenolic OH excluding ortho intramolecular Hbond substituents is 1. The molecule has 1 fully saturated rings. The van der Waals surface area contributed by atoms with E-state index in [1.54, 1.807) is 24.3 Å². The molecule has 1 aliphatic heterocycles. The van der Waals surface area contributed by atoms with Gasteiger partial charge in [0.15, 0.2) is 0 Å². The van der Waals surface area contributed by atoms with Crippen LogP contribution in [0, 0.1) is 0 Å². The van der Waals surface area contributed by atoms with Gasteiger partial charge in [-0.2, -0.15) is 11.7 Å². The van der Waals surface area contributed by atoms with E-state index in [1.165, 1.54) is 12.1 Å². The minimum absolute atomic E-state index is 0.0594. The van der Waals surface area contributed by atoms with E-state index in [-0.39, 0.29) is 18.5 Å². The molecule has 1 aliphatic carbocycles. The van der Waals surface area contributed by atoms with Gasteiger partial charge in [-0.05, 0) is 102 Å². The fourth-order valence-corrected chi connectivity index (χ4v) is 6.43. The van der Waals surface area contributed by atoms with E-state index in [9.17, 15) is 21.2 Å². The minimum atomic E-state index is -6.34. The first-order chi connectivity index (χ1) is 18.6. The van der Waals surface area contributed by atoms with Crippen molar-refractivity contribution in [1.29, 1.82) is 0 Å². The third-order valence-corrected chi connectivity index (χ3v) is 8.98. The van der Waals surface area contributed by atoms with Gasteiger partial charge in [0.25, 0.3) is 0 Å².